The Kier molecular flexibility index (Phi) is 6.09. The first-order chi connectivity index (χ1) is 17.4. The number of nitrogens with two attached hydrogens (primary N) is 1. The fourth-order valence-corrected chi connectivity index (χ4v) is 4.90. The summed E-state index contributed by atoms with van der Waals surface area (Å²) >= 11 is 0. The molecule has 1 fully saturated rings. The van der Waals surface area contributed by atoms with Gasteiger partial charge in [-0.2, -0.15) is 5.10 Å². The van der Waals surface area contributed by atoms with E-state index in [-0.39, 0.29) is 23.2 Å². The zero-order valence-electron chi connectivity index (χ0n) is 20.2. The number of amides is 3. The Labute approximate surface area is 208 Å². The molecule has 2 aliphatic rings. The smallest absolute Gasteiger partial charge is 0.277 e. The van der Waals surface area contributed by atoms with Crippen molar-refractivity contribution in [3.05, 3.63) is 59.4 Å². The fourth-order valence-electron chi connectivity index (χ4n) is 4.90. The van der Waals surface area contributed by atoms with Crippen molar-refractivity contribution in [1.82, 2.24) is 9.78 Å². The van der Waals surface area contributed by atoms with Crippen LogP contribution < -0.4 is 25.0 Å². The minimum Gasteiger partial charge on any atom is -0.494 e. The third-order valence-electron chi connectivity index (χ3n) is 6.65. The molecule has 5 rings (SSSR count). The minimum absolute atomic E-state index is 0.0647. The number of rotatable bonds is 6. The Hall–Kier alpha value is -4.34. The van der Waals surface area contributed by atoms with Crippen LogP contribution in [0.25, 0.3) is 5.69 Å². The van der Waals surface area contributed by atoms with Crippen molar-refractivity contribution < 1.29 is 23.9 Å². The standard InChI is InChI=1S/C26H27N5O5/c1-35-20-8-4-3-7-19(20)31-24-17(23(28-31)25(27)33)12-14-30(26(24)34)18-11-10-16(15-21(18)36-2)29-13-6-5-9-22(29)32/h3-4,7-8,10-11,15H,5-6,9,12-14H2,1-2H3,(H2,27,33). The van der Waals surface area contributed by atoms with Gasteiger partial charge in [0.25, 0.3) is 11.8 Å². The Morgan fingerprint density at radius 1 is 0.917 bits per heavy atom. The summed E-state index contributed by atoms with van der Waals surface area (Å²) in [7, 11) is 3.06. The highest BCUT2D eigenvalue weighted by Crippen LogP contribution is 2.38. The Morgan fingerprint density at radius 3 is 2.42 bits per heavy atom. The molecule has 2 aliphatic heterocycles. The normalized spacial score (nSPS) is 15.6. The summed E-state index contributed by atoms with van der Waals surface area (Å²) < 4.78 is 12.5. The number of hydrogen-bond acceptors (Lipinski definition) is 6. The van der Waals surface area contributed by atoms with E-state index in [0.717, 1.165) is 18.5 Å². The molecule has 0 spiro atoms. The maximum atomic E-state index is 13.9. The highest BCUT2D eigenvalue weighted by molar-refractivity contribution is 6.10. The highest BCUT2D eigenvalue weighted by Gasteiger charge is 2.36. The van der Waals surface area contributed by atoms with E-state index in [1.165, 1.54) is 18.9 Å². The molecule has 10 nitrogen and oxygen atoms in total. The number of piperidine rings is 1. The third kappa shape index (κ3) is 3.84. The van der Waals surface area contributed by atoms with Gasteiger partial charge in [0.05, 0.1) is 19.9 Å². The molecule has 3 heterocycles. The van der Waals surface area contributed by atoms with Gasteiger partial charge in [-0.3, -0.25) is 14.4 Å². The maximum absolute atomic E-state index is 13.9. The monoisotopic (exact) mass is 489 g/mol. The summed E-state index contributed by atoms with van der Waals surface area (Å²) in [5.74, 6) is 0.00370. The van der Waals surface area contributed by atoms with E-state index in [4.69, 9.17) is 15.2 Å². The topological polar surface area (TPSA) is 120 Å². The molecule has 0 unspecified atom stereocenters. The van der Waals surface area contributed by atoms with Crippen LogP contribution in [-0.2, 0) is 11.2 Å². The molecule has 1 saturated heterocycles. The fraction of sp³-hybridized carbons (Fsp3) is 0.308. The van der Waals surface area contributed by atoms with Crippen LogP contribution in [0.15, 0.2) is 42.5 Å². The molecule has 186 valence electrons. The second-order valence-electron chi connectivity index (χ2n) is 8.69. The number of para-hydroxylation sites is 2. The van der Waals surface area contributed by atoms with Crippen molar-refractivity contribution in [2.75, 3.05) is 37.1 Å². The molecule has 2 N–H and O–H groups in total. The van der Waals surface area contributed by atoms with Crippen LogP contribution in [-0.4, -0.2) is 54.8 Å². The van der Waals surface area contributed by atoms with Crippen LogP contribution in [0.2, 0.25) is 0 Å². The minimum atomic E-state index is -0.700. The summed E-state index contributed by atoms with van der Waals surface area (Å²) in [6, 6.07) is 12.5. The molecule has 0 aliphatic carbocycles. The summed E-state index contributed by atoms with van der Waals surface area (Å²) in [5, 5.41) is 4.41. The van der Waals surface area contributed by atoms with E-state index in [1.807, 2.05) is 6.07 Å². The molecule has 36 heavy (non-hydrogen) atoms. The zero-order valence-corrected chi connectivity index (χ0v) is 20.2. The van der Waals surface area contributed by atoms with Gasteiger partial charge in [-0.1, -0.05) is 12.1 Å². The first-order valence-electron chi connectivity index (χ1n) is 11.8. The molecular weight excluding hydrogens is 462 g/mol. The molecular formula is C26H27N5O5. The molecule has 10 heteroatoms. The summed E-state index contributed by atoms with van der Waals surface area (Å²) in [4.78, 5) is 41.9. The number of ether oxygens (including phenoxy) is 2. The third-order valence-corrected chi connectivity index (χ3v) is 6.65. The lowest BCUT2D eigenvalue weighted by atomic mass is 10.0. The average Bonchev–Trinajstić information content (AvgIpc) is 3.30. The number of aromatic nitrogens is 2. The quantitative estimate of drug-likeness (QED) is 0.569. The van der Waals surface area contributed by atoms with Gasteiger partial charge in [-0.25, -0.2) is 4.68 Å². The van der Waals surface area contributed by atoms with Crippen molar-refractivity contribution >= 4 is 29.1 Å². The van der Waals surface area contributed by atoms with Gasteiger partial charge in [0.1, 0.15) is 22.9 Å². The first kappa shape index (κ1) is 23.4. The molecule has 0 bridgehead atoms. The number of nitrogens with zero attached hydrogens (tertiary/aromatic N) is 4. The predicted octanol–water partition coefficient (Wildman–Crippen LogP) is 2.71. The summed E-state index contributed by atoms with van der Waals surface area (Å²) in [5.41, 5.74) is 8.25. The molecule has 0 radical (unpaired) electrons. The van der Waals surface area contributed by atoms with E-state index in [1.54, 1.807) is 46.2 Å². The molecule has 3 aromatic rings. The number of primary amides is 1. The van der Waals surface area contributed by atoms with E-state index in [9.17, 15) is 14.4 Å². The first-order valence-corrected chi connectivity index (χ1v) is 11.8. The van der Waals surface area contributed by atoms with Crippen molar-refractivity contribution in [2.24, 2.45) is 5.73 Å². The van der Waals surface area contributed by atoms with Gasteiger partial charge >= 0.3 is 0 Å². The Morgan fingerprint density at radius 2 is 1.69 bits per heavy atom. The lowest BCUT2D eigenvalue weighted by Gasteiger charge is -2.31. The Balaban J connectivity index is 1.58. The summed E-state index contributed by atoms with van der Waals surface area (Å²) in [6.07, 6.45) is 2.73. The van der Waals surface area contributed by atoms with Gasteiger partial charge in [0, 0.05) is 36.8 Å². The van der Waals surface area contributed by atoms with Gasteiger partial charge < -0.3 is 25.0 Å². The lowest BCUT2D eigenvalue weighted by molar-refractivity contribution is -0.119. The van der Waals surface area contributed by atoms with E-state index >= 15 is 0 Å². The van der Waals surface area contributed by atoms with Crippen molar-refractivity contribution in [3.8, 4) is 17.2 Å². The molecule has 0 saturated carbocycles. The largest absolute Gasteiger partial charge is 0.494 e. The van der Waals surface area contributed by atoms with E-state index in [2.05, 4.69) is 5.10 Å². The SMILES string of the molecule is COc1cc(N2CCCCC2=O)ccc1N1CCc2c(C(N)=O)nn(-c3ccccc3OC)c2C1=O. The highest BCUT2D eigenvalue weighted by atomic mass is 16.5. The molecule has 1 aromatic heterocycles. The van der Waals surface area contributed by atoms with Crippen LogP contribution in [0.1, 0.15) is 45.8 Å². The number of anilines is 2. The number of methoxy groups -OCH3 is 2. The van der Waals surface area contributed by atoms with E-state index < -0.39 is 5.91 Å². The number of hydrogen-bond donors (Lipinski definition) is 1. The van der Waals surface area contributed by atoms with Gasteiger partial charge in [0.2, 0.25) is 5.91 Å². The zero-order chi connectivity index (χ0) is 25.4. The van der Waals surface area contributed by atoms with Crippen LogP contribution in [0.5, 0.6) is 11.5 Å². The predicted molar refractivity (Wildman–Crippen MR) is 133 cm³/mol. The van der Waals surface area contributed by atoms with Crippen LogP contribution in [0.3, 0.4) is 0 Å². The van der Waals surface area contributed by atoms with Crippen molar-refractivity contribution in [1.29, 1.82) is 0 Å². The lowest BCUT2D eigenvalue weighted by Crippen LogP contribution is -2.39. The second kappa shape index (κ2) is 9.37. The van der Waals surface area contributed by atoms with Gasteiger partial charge in [0.15, 0.2) is 5.69 Å². The Bertz CT molecular complexity index is 1360. The maximum Gasteiger partial charge on any atom is 0.277 e. The van der Waals surface area contributed by atoms with Gasteiger partial charge in [-0.15, -0.1) is 0 Å². The van der Waals surface area contributed by atoms with E-state index in [0.29, 0.717) is 54.4 Å². The van der Waals surface area contributed by atoms with Crippen LogP contribution in [0.4, 0.5) is 11.4 Å². The number of carbonyl (C=O) groups excluding carboxylic acids is 3. The van der Waals surface area contributed by atoms with Gasteiger partial charge in [-0.05, 0) is 43.5 Å². The van der Waals surface area contributed by atoms with Crippen molar-refractivity contribution in [2.45, 2.75) is 25.7 Å². The van der Waals surface area contributed by atoms with Crippen LogP contribution >= 0.6 is 0 Å². The number of benzene rings is 2. The number of fused-ring (bicyclic) bond motifs is 1. The molecule has 3 amide bonds. The summed E-state index contributed by atoms with van der Waals surface area (Å²) in [6.45, 7) is 0.962. The second-order valence-corrected chi connectivity index (χ2v) is 8.69. The molecule has 0 atom stereocenters. The average molecular weight is 490 g/mol. The van der Waals surface area contributed by atoms with Crippen molar-refractivity contribution in [3.63, 3.8) is 0 Å². The molecule has 2 aromatic carbocycles. The van der Waals surface area contributed by atoms with Crippen LogP contribution in [0, 0.1) is 0 Å². The number of carbonyl (C=O) groups is 3.